The molecule has 0 radical (unpaired) electrons. The summed E-state index contributed by atoms with van der Waals surface area (Å²) in [6, 6.07) is 0. The van der Waals surface area contributed by atoms with Gasteiger partial charge >= 0.3 is 11.9 Å². The second-order valence-corrected chi connectivity index (χ2v) is 9.77. The molecule has 1 N–H and O–H groups in total. The Morgan fingerprint density at radius 1 is 1.00 bits per heavy atom. The minimum atomic E-state index is -0.387. The van der Waals surface area contributed by atoms with Crippen LogP contribution < -0.4 is 0 Å². The largest absolute Gasteiger partial charge is 0.459 e. The zero-order chi connectivity index (χ0) is 20.3. The Morgan fingerprint density at radius 2 is 1.71 bits per heavy atom. The molecule has 0 heterocycles. The van der Waals surface area contributed by atoms with Gasteiger partial charge in [-0.15, -0.1) is 0 Å². The van der Waals surface area contributed by atoms with Crippen LogP contribution in [-0.4, -0.2) is 35.4 Å². The van der Waals surface area contributed by atoms with E-state index in [1.54, 1.807) is 0 Å². The minimum absolute atomic E-state index is 0.0381. The van der Waals surface area contributed by atoms with Crippen LogP contribution >= 0.6 is 0 Å². The molecule has 0 saturated heterocycles. The third kappa shape index (κ3) is 2.94. The predicted octanol–water partition coefficient (Wildman–Crippen LogP) is 3.42. The van der Waals surface area contributed by atoms with E-state index in [9.17, 15) is 14.7 Å². The Morgan fingerprint density at radius 3 is 2.39 bits per heavy atom. The molecule has 0 spiro atoms. The van der Waals surface area contributed by atoms with E-state index in [0.717, 1.165) is 25.7 Å². The fourth-order valence-electron chi connectivity index (χ4n) is 6.83. The first-order chi connectivity index (χ1) is 13.1. The van der Waals surface area contributed by atoms with E-state index in [-0.39, 0.29) is 41.1 Å². The average Bonchev–Trinajstić information content (AvgIpc) is 2.87. The number of aliphatic hydroxyl groups excluding tert-OH is 1. The first kappa shape index (κ1) is 19.7. The molecule has 0 aromatic rings. The number of hydrogen-bond donors (Lipinski definition) is 1. The van der Waals surface area contributed by atoms with Gasteiger partial charge in [-0.25, -0.2) is 0 Å². The van der Waals surface area contributed by atoms with Crippen molar-refractivity contribution in [3.05, 3.63) is 24.3 Å². The fraction of sp³-hybridized carbons (Fsp3) is 0.739. The molecule has 2 fully saturated rings. The van der Waals surface area contributed by atoms with Crippen LogP contribution in [0.4, 0.5) is 0 Å². The van der Waals surface area contributed by atoms with Crippen LogP contribution in [0.15, 0.2) is 24.3 Å². The van der Waals surface area contributed by atoms with Crippen LogP contribution in [0.1, 0.15) is 53.4 Å². The van der Waals surface area contributed by atoms with Crippen LogP contribution in [0.3, 0.4) is 0 Å². The fourth-order valence-corrected chi connectivity index (χ4v) is 6.83. The number of rotatable bonds is 2. The van der Waals surface area contributed by atoms with Crippen molar-refractivity contribution < 1.29 is 24.2 Å². The summed E-state index contributed by atoms with van der Waals surface area (Å²) in [7, 11) is 0. The quantitative estimate of drug-likeness (QED) is 0.580. The third-order valence-corrected chi connectivity index (χ3v) is 8.19. The maximum Gasteiger partial charge on any atom is 0.303 e. The van der Waals surface area contributed by atoms with Crippen molar-refractivity contribution in [2.45, 2.75) is 71.7 Å². The number of fused-ring (bicyclic) bond motifs is 5. The minimum Gasteiger partial charge on any atom is -0.459 e. The van der Waals surface area contributed by atoms with Gasteiger partial charge in [0.1, 0.15) is 12.2 Å². The number of carbonyl (C=O) groups excluding carboxylic acids is 2. The maximum atomic E-state index is 11.8. The molecular weight excluding hydrogens is 356 g/mol. The molecule has 0 amide bonds. The standard InChI is InChI=1S/C23H32O5/c1-13(24)27-20-12-19-17-6-5-15-11-16(26)7-9-22(15,3)18(17)8-10-23(19,4)21(20)28-14(2)25/h5-7,9,15-21,26H,8,10-12H2,1-4H3/t15?,16?,17-,18-,19+,20?,21?,22+,23+/m1/s1. The molecule has 4 unspecified atom stereocenters. The normalized spacial score (nSPS) is 49.0. The van der Waals surface area contributed by atoms with E-state index >= 15 is 0 Å². The van der Waals surface area contributed by atoms with Gasteiger partial charge in [0.15, 0.2) is 0 Å². The highest BCUT2D eigenvalue weighted by Gasteiger charge is 2.63. The zero-order valence-corrected chi connectivity index (χ0v) is 17.3. The molecule has 0 aromatic heterocycles. The van der Waals surface area contributed by atoms with Gasteiger partial charge in [-0.2, -0.15) is 0 Å². The van der Waals surface area contributed by atoms with Crippen LogP contribution in [0.25, 0.3) is 0 Å². The number of hydrogen-bond acceptors (Lipinski definition) is 5. The van der Waals surface area contributed by atoms with Crippen molar-refractivity contribution in [1.82, 2.24) is 0 Å². The maximum absolute atomic E-state index is 11.8. The first-order valence-electron chi connectivity index (χ1n) is 10.6. The van der Waals surface area contributed by atoms with Crippen molar-refractivity contribution in [3.63, 3.8) is 0 Å². The van der Waals surface area contributed by atoms with E-state index in [1.165, 1.54) is 13.8 Å². The number of esters is 2. The molecule has 2 saturated carbocycles. The van der Waals surface area contributed by atoms with Gasteiger partial charge in [-0.3, -0.25) is 9.59 Å². The molecule has 28 heavy (non-hydrogen) atoms. The van der Waals surface area contributed by atoms with Gasteiger partial charge in [0.05, 0.1) is 6.10 Å². The Hall–Kier alpha value is -1.62. The highest BCUT2D eigenvalue weighted by molar-refractivity contribution is 5.67. The van der Waals surface area contributed by atoms with E-state index in [0.29, 0.717) is 23.7 Å². The lowest BCUT2D eigenvalue weighted by Crippen LogP contribution is -2.52. The van der Waals surface area contributed by atoms with Crippen molar-refractivity contribution in [1.29, 1.82) is 0 Å². The predicted molar refractivity (Wildman–Crippen MR) is 104 cm³/mol. The van der Waals surface area contributed by atoms with E-state index in [4.69, 9.17) is 9.47 Å². The third-order valence-electron chi connectivity index (χ3n) is 8.19. The summed E-state index contributed by atoms with van der Waals surface area (Å²) in [6.07, 6.45) is 11.2. The van der Waals surface area contributed by atoms with E-state index < -0.39 is 0 Å². The summed E-state index contributed by atoms with van der Waals surface area (Å²) in [4.78, 5) is 23.5. The molecule has 4 rings (SSSR count). The van der Waals surface area contributed by atoms with E-state index in [2.05, 4.69) is 32.1 Å². The topological polar surface area (TPSA) is 72.8 Å². The highest BCUT2D eigenvalue weighted by Crippen LogP contribution is 2.64. The average molecular weight is 389 g/mol. The summed E-state index contributed by atoms with van der Waals surface area (Å²) >= 11 is 0. The molecule has 9 atom stereocenters. The second-order valence-electron chi connectivity index (χ2n) is 9.77. The lowest BCUT2D eigenvalue weighted by atomic mass is 9.48. The molecule has 154 valence electrons. The second kappa shape index (κ2) is 6.72. The summed E-state index contributed by atoms with van der Waals surface area (Å²) in [6.45, 7) is 7.37. The SMILES string of the molecule is CC(=O)OC1C[C@H]2[C@@H]3C=CC4CC(O)C=C[C@]4(C)[C@@H]3CC[C@]2(C)C1OC(C)=O. The van der Waals surface area contributed by atoms with Crippen LogP contribution in [0, 0.1) is 34.5 Å². The van der Waals surface area contributed by atoms with Gasteiger partial charge in [0.25, 0.3) is 0 Å². The monoisotopic (exact) mass is 388 g/mol. The summed E-state index contributed by atoms with van der Waals surface area (Å²) in [5.41, 5.74) is -0.158. The van der Waals surface area contributed by atoms with Crippen LogP contribution in [0.5, 0.6) is 0 Å². The van der Waals surface area contributed by atoms with Gasteiger partial charge in [-0.1, -0.05) is 38.2 Å². The van der Waals surface area contributed by atoms with Crippen molar-refractivity contribution in [2.75, 3.05) is 0 Å². The number of carbonyl (C=O) groups is 2. The Kier molecular flexibility index (Phi) is 4.72. The zero-order valence-electron chi connectivity index (χ0n) is 17.3. The Bertz CT molecular complexity index is 727. The number of aliphatic hydroxyl groups is 1. The highest BCUT2D eigenvalue weighted by atomic mass is 16.6. The smallest absolute Gasteiger partial charge is 0.303 e. The van der Waals surface area contributed by atoms with Gasteiger partial charge in [0, 0.05) is 19.3 Å². The number of ether oxygens (including phenoxy) is 2. The molecule has 5 nitrogen and oxygen atoms in total. The molecule has 5 heteroatoms. The lowest BCUT2D eigenvalue weighted by Gasteiger charge is -2.56. The Balaban J connectivity index is 1.68. The first-order valence-corrected chi connectivity index (χ1v) is 10.6. The summed E-state index contributed by atoms with van der Waals surface area (Å²) < 4.78 is 11.4. The van der Waals surface area contributed by atoms with E-state index in [1.807, 2.05) is 6.08 Å². The molecule has 4 aliphatic carbocycles. The van der Waals surface area contributed by atoms with Crippen LogP contribution in [0.2, 0.25) is 0 Å². The van der Waals surface area contributed by atoms with Gasteiger partial charge in [0.2, 0.25) is 0 Å². The lowest BCUT2D eigenvalue weighted by molar-refractivity contribution is -0.171. The molecule has 0 aliphatic heterocycles. The molecular formula is C23H32O5. The van der Waals surface area contributed by atoms with Crippen molar-refractivity contribution in [3.8, 4) is 0 Å². The summed E-state index contributed by atoms with van der Waals surface area (Å²) in [5, 5.41) is 10.1. The van der Waals surface area contributed by atoms with Crippen LogP contribution in [-0.2, 0) is 19.1 Å². The molecule has 0 aromatic carbocycles. The Labute approximate surface area is 167 Å². The molecule has 0 bridgehead atoms. The van der Waals surface area contributed by atoms with Gasteiger partial charge in [-0.05, 0) is 54.8 Å². The van der Waals surface area contributed by atoms with Gasteiger partial charge < -0.3 is 14.6 Å². The molecule has 4 aliphatic rings. The summed E-state index contributed by atoms with van der Waals surface area (Å²) in [5.74, 6) is 0.858. The van der Waals surface area contributed by atoms with Crippen molar-refractivity contribution in [2.24, 2.45) is 34.5 Å². The number of allylic oxidation sites excluding steroid dienone is 3. The van der Waals surface area contributed by atoms with Crippen molar-refractivity contribution >= 4 is 11.9 Å².